The molecule has 1 heterocycles. The summed E-state index contributed by atoms with van der Waals surface area (Å²) in [6, 6.07) is 7.61. The average Bonchev–Trinajstić information content (AvgIpc) is 2.35. The molecule has 2 aromatic rings. The molecule has 0 amide bonds. The van der Waals surface area contributed by atoms with Crippen molar-refractivity contribution in [2.45, 2.75) is 13.0 Å². The van der Waals surface area contributed by atoms with Gasteiger partial charge in [-0.05, 0) is 25.1 Å². The average molecular weight is 233 g/mol. The quantitative estimate of drug-likeness (QED) is 0.724. The predicted octanol–water partition coefficient (Wildman–Crippen LogP) is 0.703. The minimum atomic E-state index is -0.763. The van der Waals surface area contributed by atoms with Gasteiger partial charge in [0.1, 0.15) is 0 Å². The lowest BCUT2D eigenvalue weighted by molar-refractivity contribution is 0.105. The van der Waals surface area contributed by atoms with Crippen LogP contribution in [0.1, 0.15) is 5.69 Å². The molecule has 0 aliphatic carbocycles. The predicted molar refractivity (Wildman–Crippen MR) is 65.9 cm³/mol. The Kier molecular flexibility index (Phi) is 3.51. The van der Waals surface area contributed by atoms with Gasteiger partial charge in [0.2, 0.25) is 0 Å². The van der Waals surface area contributed by atoms with Gasteiger partial charge in [-0.2, -0.15) is 10.2 Å². The fraction of sp³-hybridized carbons (Fsp3) is 0.333. The van der Waals surface area contributed by atoms with Crippen LogP contribution < -0.4 is 5.32 Å². The molecule has 0 aliphatic rings. The molecule has 90 valence electrons. The number of aliphatic hydroxyl groups excluding tert-OH is 2. The maximum absolute atomic E-state index is 9.31. The zero-order chi connectivity index (χ0) is 12.3. The number of nitrogens with zero attached hydrogens (tertiary/aromatic N) is 2. The molecule has 0 saturated carbocycles. The number of rotatable bonds is 4. The first-order valence-corrected chi connectivity index (χ1v) is 5.46. The van der Waals surface area contributed by atoms with Crippen LogP contribution in [0.25, 0.3) is 10.9 Å². The van der Waals surface area contributed by atoms with Gasteiger partial charge < -0.3 is 15.5 Å². The van der Waals surface area contributed by atoms with Crippen molar-refractivity contribution < 1.29 is 10.2 Å². The van der Waals surface area contributed by atoms with E-state index in [9.17, 15) is 5.11 Å². The van der Waals surface area contributed by atoms with Crippen LogP contribution in [0.2, 0.25) is 0 Å². The van der Waals surface area contributed by atoms with Crippen molar-refractivity contribution in [2.24, 2.45) is 0 Å². The molecule has 17 heavy (non-hydrogen) atoms. The van der Waals surface area contributed by atoms with Crippen molar-refractivity contribution in [3.8, 4) is 0 Å². The molecule has 2 rings (SSSR count). The van der Waals surface area contributed by atoms with Crippen LogP contribution >= 0.6 is 0 Å². The minimum Gasteiger partial charge on any atom is -0.394 e. The number of fused-ring (bicyclic) bond motifs is 1. The summed E-state index contributed by atoms with van der Waals surface area (Å²) >= 11 is 0. The van der Waals surface area contributed by atoms with Crippen molar-refractivity contribution in [3.63, 3.8) is 0 Å². The molecule has 0 saturated heterocycles. The van der Waals surface area contributed by atoms with E-state index in [0.717, 1.165) is 22.3 Å². The number of hydrogen-bond donors (Lipinski definition) is 3. The third-order valence-corrected chi connectivity index (χ3v) is 2.49. The van der Waals surface area contributed by atoms with E-state index in [1.807, 2.05) is 31.2 Å². The summed E-state index contributed by atoms with van der Waals surface area (Å²) in [5, 5.41) is 30.2. The van der Waals surface area contributed by atoms with Gasteiger partial charge in [-0.15, -0.1) is 0 Å². The maximum Gasteiger partial charge on any atom is 0.0950 e. The molecule has 5 heteroatoms. The van der Waals surface area contributed by atoms with Crippen molar-refractivity contribution in [1.29, 1.82) is 0 Å². The lowest BCUT2D eigenvalue weighted by atomic mass is 10.1. The Balaban J connectivity index is 2.30. The summed E-state index contributed by atoms with van der Waals surface area (Å²) in [5.74, 6) is 0. The standard InChI is InChI=1S/C12H15N3O2/c1-8-5-10-11(13-6-9(17)7-16)3-2-4-12(10)15-14-8/h2-5,9,13,16-17H,6-7H2,1H3. The number of benzene rings is 1. The summed E-state index contributed by atoms with van der Waals surface area (Å²) < 4.78 is 0. The monoisotopic (exact) mass is 233 g/mol. The normalized spacial score (nSPS) is 12.6. The Morgan fingerprint density at radius 3 is 2.94 bits per heavy atom. The zero-order valence-electron chi connectivity index (χ0n) is 9.59. The molecular weight excluding hydrogens is 218 g/mol. The van der Waals surface area contributed by atoms with E-state index in [1.165, 1.54) is 0 Å². The van der Waals surface area contributed by atoms with Crippen LogP contribution in [0, 0.1) is 6.92 Å². The number of anilines is 1. The highest BCUT2D eigenvalue weighted by molar-refractivity contribution is 5.91. The Bertz CT molecular complexity index is 516. The largest absolute Gasteiger partial charge is 0.394 e. The van der Waals surface area contributed by atoms with E-state index in [2.05, 4.69) is 15.5 Å². The number of nitrogens with one attached hydrogen (secondary N) is 1. The molecule has 1 atom stereocenters. The van der Waals surface area contributed by atoms with Gasteiger partial charge in [-0.1, -0.05) is 6.07 Å². The molecule has 0 aliphatic heterocycles. The highest BCUT2D eigenvalue weighted by Gasteiger charge is 2.05. The highest BCUT2D eigenvalue weighted by atomic mass is 16.3. The minimum absolute atomic E-state index is 0.253. The Labute approximate surface area is 99.1 Å². The van der Waals surface area contributed by atoms with Crippen LogP contribution in [-0.2, 0) is 0 Å². The Morgan fingerprint density at radius 2 is 2.18 bits per heavy atom. The van der Waals surface area contributed by atoms with Gasteiger partial charge in [0.15, 0.2) is 0 Å². The van der Waals surface area contributed by atoms with Crippen molar-refractivity contribution >= 4 is 16.6 Å². The van der Waals surface area contributed by atoms with E-state index in [0.29, 0.717) is 6.54 Å². The molecule has 1 aromatic carbocycles. The fourth-order valence-electron chi connectivity index (χ4n) is 1.61. The second-order valence-corrected chi connectivity index (χ2v) is 3.94. The van der Waals surface area contributed by atoms with E-state index in [-0.39, 0.29) is 6.61 Å². The number of aromatic nitrogens is 2. The molecule has 0 fully saturated rings. The summed E-state index contributed by atoms with van der Waals surface area (Å²) in [6.45, 7) is 1.93. The summed E-state index contributed by atoms with van der Waals surface area (Å²) in [6.07, 6.45) is -0.763. The maximum atomic E-state index is 9.31. The van der Waals surface area contributed by atoms with Crippen molar-refractivity contribution in [1.82, 2.24) is 10.2 Å². The zero-order valence-corrected chi connectivity index (χ0v) is 9.59. The van der Waals surface area contributed by atoms with Gasteiger partial charge in [-0.25, -0.2) is 0 Å². The summed E-state index contributed by atoms with van der Waals surface area (Å²) in [4.78, 5) is 0. The SMILES string of the molecule is Cc1cc2c(NCC(O)CO)cccc2nn1. The smallest absolute Gasteiger partial charge is 0.0950 e. The van der Waals surface area contributed by atoms with E-state index in [4.69, 9.17) is 5.11 Å². The highest BCUT2D eigenvalue weighted by Crippen LogP contribution is 2.21. The van der Waals surface area contributed by atoms with Crippen LogP contribution in [0.3, 0.4) is 0 Å². The molecule has 1 aromatic heterocycles. The Hall–Kier alpha value is -1.72. The van der Waals surface area contributed by atoms with Crippen LogP contribution in [0.5, 0.6) is 0 Å². The molecule has 1 unspecified atom stereocenters. The lowest BCUT2D eigenvalue weighted by Gasteiger charge is -2.12. The fourth-order valence-corrected chi connectivity index (χ4v) is 1.61. The lowest BCUT2D eigenvalue weighted by Crippen LogP contribution is -2.23. The van der Waals surface area contributed by atoms with Gasteiger partial charge in [0, 0.05) is 17.6 Å². The first-order valence-electron chi connectivity index (χ1n) is 5.46. The van der Waals surface area contributed by atoms with Crippen molar-refractivity contribution in [3.05, 3.63) is 30.0 Å². The molecular formula is C12H15N3O2. The number of hydrogen-bond acceptors (Lipinski definition) is 5. The molecule has 0 radical (unpaired) electrons. The summed E-state index contributed by atoms with van der Waals surface area (Å²) in [7, 11) is 0. The van der Waals surface area contributed by atoms with E-state index in [1.54, 1.807) is 0 Å². The van der Waals surface area contributed by atoms with Crippen LogP contribution in [0.4, 0.5) is 5.69 Å². The van der Waals surface area contributed by atoms with E-state index < -0.39 is 6.10 Å². The molecule has 0 spiro atoms. The van der Waals surface area contributed by atoms with Gasteiger partial charge in [0.25, 0.3) is 0 Å². The second kappa shape index (κ2) is 5.07. The Morgan fingerprint density at radius 1 is 1.35 bits per heavy atom. The van der Waals surface area contributed by atoms with Gasteiger partial charge >= 0.3 is 0 Å². The third kappa shape index (κ3) is 2.69. The third-order valence-electron chi connectivity index (χ3n) is 2.49. The topological polar surface area (TPSA) is 78.3 Å². The number of aliphatic hydroxyl groups is 2. The molecule has 5 nitrogen and oxygen atoms in total. The van der Waals surface area contributed by atoms with Gasteiger partial charge in [0.05, 0.1) is 23.9 Å². The molecule has 0 bridgehead atoms. The molecule has 3 N–H and O–H groups in total. The van der Waals surface area contributed by atoms with E-state index >= 15 is 0 Å². The van der Waals surface area contributed by atoms with Gasteiger partial charge in [-0.3, -0.25) is 0 Å². The number of aryl methyl sites for hydroxylation is 1. The first-order chi connectivity index (χ1) is 8.20. The van der Waals surface area contributed by atoms with Crippen molar-refractivity contribution in [2.75, 3.05) is 18.5 Å². The summed E-state index contributed by atoms with van der Waals surface area (Å²) in [5.41, 5.74) is 2.53. The second-order valence-electron chi connectivity index (χ2n) is 3.94. The van der Waals surface area contributed by atoms with Crippen LogP contribution in [0.15, 0.2) is 24.3 Å². The first kappa shape index (κ1) is 11.8. The van der Waals surface area contributed by atoms with Crippen LogP contribution in [-0.4, -0.2) is 39.7 Å².